The van der Waals surface area contributed by atoms with Crippen LogP contribution in [0.4, 0.5) is 8.78 Å². The Morgan fingerprint density at radius 2 is 1.80 bits per heavy atom. The molecule has 0 aliphatic rings. The average molecular weight is 278 g/mol. The van der Waals surface area contributed by atoms with E-state index in [1.165, 1.54) is 6.07 Å². The highest BCUT2D eigenvalue weighted by molar-refractivity contribution is 9.10. The molecule has 0 radical (unpaired) electrons. The summed E-state index contributed by atoms with van der Waals surface area (Å²) in [5, 5.41) is 0. The van der Waals surface area contributed by atoms with Gasteiger partial charge in [0, 0.05) is 4.47 Å². The Hall–Kier alpha value is -0.480. The third kappa shape index (κ3) is 3.24. The van der Waals surface area contributed by atoms with Gasteiger partial charge in [0.15, 0.2) is 11.6 Å². The molecule has 0 fully saturated rings. The van der Waals surface area contributed by atoms with Crippen molar-refractivity contribution in [1.82, 2.24) is 0 Å². The number of hydrogen-bond acceptors (Lipinski definition) is 1. The lowest BCUT2D eigenvalue weighted by molar-refractivity contribution is 0.374. The lowest BCUT2D eigenvalue weighted by Crippen LogP contribution is -2.26. The number of nitrogens with two attached hydrogens (primary N) is 1. The number of benzene rings is 1. The SMILES string of the molecule is CC(C)(CN)Cc1cc(F)c(F)cc1Br. The molecule has 1 rings (SSSR count). The molecule has 4 heteroatoms. The van der Waals surface area contributed by atoms with E-state index in [-0.39, 0.29) is 5.41 Å². The van der Waals surface area contributed by atoms with E-state index in [0.717, 1.165) is 11.6 Å². The Balaban J connectivity index is 3.01. The first-order valence-corrected chi connectivity index (χ1v) is 5.48. The average Bonchev–Trinajstić information content (AvgIpc) is 2.14. The summed E-state index contributed by atoms with van der Waals surface area (Å²) in [5.74, 6) is -1.66. The highest BCUT2D eigenvalue weighted by atomic mass is 79.9. The van der Waals surface area contributed by atoms with Crippen molar-refractivity contribution in [3.63, 3.8) is 0 Å². The van der Waals surface area contributed by atoms with Crippen molar-refractivity contribution in [3.8, 4) is 0 Å². The van der Waals surface area contributed by atoms with Crippen LogP contribution in [-0.2, 0) is 6.42 Å². The van der Waals surface area contributed by atoms with Crippen molar-refractivity contribution in [2.75, 3.05) is 6.54 Å². The smallest absolute Gasteiger partial charge is 0.159 e. The molecule has 0 amide bonds. The Morgan fingerprint density at radius 1 is 1.27 bits per heavy atom. The molecular formula is C11H14BrF2N. The molecule has 1 nitrogen and oxygen atoms in total. The minimum absolute atomic E-state index is 0.118. The van der Waals surface area contributed by atoms with Crippen LogP contribution in [0, 0.1) is 17.0 Å². The van der Waals surface area contributed by atoms with E-state index >= 15 is 0 Å². The molecule has 0 unspecified atom stereocenters. The van der Waals surface area contributed by atoms with Crippen LogP contribution >= 0.6 is 15.9 Å². The van der Waals surface area contributed by atoms with E-state index in [1.54, 1.807) is 0 Å². The van der Waals surface area contributed by atoms with Crippen molar-refractivity contribution in [2.24, 2.45) is 11.1 Å². The fourth-order valence-corrected chi connectivity index (χ4v) is 1.74. The van der Waals surface area contributed by atoms with Crippen molar-refractivity contribution >= 4 is 15.9 Å². The van der Waals surface area contributed by atoms with Gasteiger partial charge in [-0.2, -0.15) is 0 Å². The van der Waals surface area contributed by atoms with Crippen LogP contribution in [0.2, 0.25) is 0 Å². The first-order chi connectivity index (χ1) is 6.85. The van der Waals surface area contributed by atoms with Crippen molar-refractivity contribution in [2.45, 2.75) is 20.3 Å². The molecule has 0 atom stereocenters. The monoisotopic (exact) mass is 277 g/mol. The largest absolute Gasteiger partial charge is 0.330 e. The molecule has 0 saturated heterocycles. The summed E-state index contributed by atoms with van der Waals surface area (Å²) in [4.78, 5) is 0. The zero-order chi connectivity index (χ0) is 11.6. The molecule has 0 bridgehead atoms. The Labute approximate surface area is 96.8 Å². The Bertz CT molecular complexity index is 364. The van der Waals surface area contributed by atoms with E-state index in [2.05, 4.69) is 15.9 Å². The van der Waals surface area contributed by atoms with Crippen LogP contribution < -0.4 is 5.73 Å². The second-order valence-electron chi connectivity index (χ2n) is 4.40. The van der Waals surface area contributed by atoms with Crippen LogP contribution in [0.5, 0.6) is 0 Å². The van der Waals surface area contributed by atoms with Crippen LogP contribution in [-0.4, -0.2) is 6.54 Å². The van der Waals surface area contributed by atoms with Crippen molar-refractivity contribution in [1.29, 1.82) is 0 Å². The Morgan fingerprint density at radius 3 is 2.33 bits per heavy atom. The van der Waals surface area contributed by atoms with E-state index in [1.807, 2.05) is 13.8 Å². The van der Waals surface area contributed by atoms with Gasteiger partial charge in [-0.05, 0) is 36.1 Å². The second kappa shape index (κ2) is 4.58. The molecule has 0 aliphatic carbocycles. The molecule has 84 valence electrons. The van der Waals surface area contributed by atoms with Gasteiger partial charge in [-0.25, -0.2) is 8.78 Å². The summed E-state index contributed by atoms with van der Waals surface area (Å²) < 4.78 is 26.4. The second-order valence-corrected chi connectivity index (χ2v) is 5.26. The first-order valence-electron chi connectivity index (χ1n) is 4.69. The summed E-state index contributed by atoms with van der Waals surface area (Å²) >= 11 is 3.22. The summed E-state index contributed by atoms with van der Waals surface area (Å²) in [6, 6.07) is 2.37. The fraction of sp³-hybridized carbons (Fsp3) is 0.455. The third-order valence-corrected chi connectivity index (χ3v) is 3.05. The standard InChI is InChI=1S/C11H14BrF2N/c1-11(2,6-15)5-7-3-9(13)10(14)4-8(7)12/h3-4H,5-6,15H2,1-2H3. The fourth-order valence-electron chi connectivity index (χ4n) is 1.29. The van der Waals surface area contributed by atoms with Crippen molar-refractivity contribution in [3.05, 3.63) is 33.8 Å². The molecule has 0 saturated carbocycles. The van der Waals surface area contributed by atoms with E-state index in [9.17, 15) is 8.78 Å². The van der Waals surface area contributed by atoms with Gasteiger partial charge in [-0.3, -0.25) is 0 Å². The maximum atomic E-state index is 13.0. The minimum atomic E-state index is -0.837. The molecule has 15 heavy (non-hydrogen) atoms. The van der Waals surface area contributed by atoms with Crippen molar-refractivity contribution < 1.29 is 8.78 Å². The number of halogens is 3. The van der Waals surface area contributed by atoms with E-state index in [4.69, 9.17) is 5.73 Å². The van der Waals surface area contributed by atoms with E-state index < -0.39 is 11.6 Å². The molecule has 0 spiro atoms. The number of rotatable bonds is 3. The highest BCUT2D eigenvalue weighted by Gasteiger charge is 2.19. The summed E-state index contributed by atoms with van der Waals surface area (Å²) in [6.07, 6.45) is 0.612. The van der Waals surface area contributed by atoms with Gasteiger partial charge in [-0.15, -0.1) is 0 Å². The molecule has 1 aromatic rings. The molecule has 0 heterocycles. The van der Waals surface area contributed by atoms with Gasteiger partial charge in [0.05, 0.1) is 0 Å². The quantitative estimate of drug-likeness (QED) is 0.844. The topological polar surface area (TPSA) is 26.0 Å². The summed E-state index contributed by atoms with van der Waals surface area (Å²) in [5.41, 5.74) is 6.21. The van der Waals surface area contributed by atoms with Crippen LogP contribution in [0.25, 0.3) is 0 Å². The van der Waals surface area contributed by atoms with Crippen LogP contribution in [0.3, 0.4) is 0 Å². The van der Waals surface area contributed by atoms with Gasteiger partial charge in [0.25, 0.3) is 0 Å². The normalized spacial score (nSPS) is 11.9. The summed E-state index contributed by atoms with van der Waals surface area (Å²) in [7, 11) is 0. The predicted molar refractivity (Wildman–Crippen MR) is 60.6 cm³/mol. The molecule has 0 aromatic heterocycles. The van der Waals surface area contributed by atoms with Gasteiger partial charge >= 0.3 is 0 Å². The van der Waals surface area contributed by atoms with E-state index in [0.29, 0.717) is 17.4 Å². The highest BCUT2D eigenvalue weighted by Crippen LogP contribution is 2.27. The molecular weight excluding hydrogens is 264 g/mol. The lowest BCUT2D eigenvalue weighted by Gasteiger charge is -2.23. The summed E-state index contributed by atoms with van der Waals surface area (Å²) in [6.45, 7) is 4.47. The Kier molecular flexibility index (Phi) is 3.84. The molecule has 0 aliphatic heterocycles. The van der Waals surface area contributed by atoms with Crippen LogP contribution in [0.1, 0.15) is 19.4 Å². The third-order valence-electron chi connectivity index (χ3n) is 2.31. The zero-order valence-electron chi connectivity index (χ0n) is 8.78. The minimum Gasteiger partial charge on any atom is -0.330 e. The van der Waals surface area contributed by atoms with Gasteiger partial charge in [0.2, 0.25) is 0 Å². The van der Waals surface area contributed by atoms with Gasteiger partial charge in [-0.1, -0.05) is 29.8 Å². The van der Waals surface area contributed by atoms with Gasteiger partial charge in [0.1, 0.15) is 0 Å². The molecule has 2 N–H and O–H groups in total. The maximum Gasteiger partial charge on any atom is 0.159 e. The zero-order valence-corrected chi connectivity index (χ0v) is 10.4. The molecule has 1 aromatic carbocycles. The number of hydrogen-bond donors (Lipinski definition) is 1. The maximum absolute atomic E-state index is 13.0. The van der Waals surface area contributed by atoms with Crippen LogP contribution in [0.15, 0.2) is 16.6 Å². The lowest BCUT2D eigenvalue weighted by atomic mass is 9.86. The predicted octanol–water partition coefficient (Wildman–Crippen LogP) is 3.25. The first kappa shape index (κ1) is 12.6. The van der Waals surface area contributed by atoms with Gasteiger partial charge < -0.3 is 5.73 Å².